The van der Waals surface area contributed by atoms with E-state index in [1.54, 1.807) is 0 Å². The summed E-state index contributed by atoms with van der Waals surface area (Å²) in [5, 5.41) is 10.2. The summed E-state index contributed by atoms with van der Waals surface area (Å²) >= 11 is 2.27. The van der Waals surface area contributed by atoms with Crippen molar-refractivity contribution in [3.63, 3.8) is 0 Å². The molecule has 28 heavy (non-hydrogen) atoms. The molecule has 4 nitrogen and oxygen atoms in total. The molecule has 1 heterocycles. The summed E-state index contributed by atoms with van der Waals surface area (Å²) in [4.78, 5) is 11.3. The van der Waals surface area contributed by atoms with Gasteiger partial charge in [-0.05, 0) is 37.5 Å². The van der Waals surface area contributed by atoms with E-state index in [2.05, 4.69) is 41.2 Å². The van der Waals surface area contributed by atoms with Crippen LogP contribution in [0.4, 0.5) is 4.39 Å². The number of rotatable bonds is 11. The number of hydrogen-bond acceptors (Lipinski definition) is 4. The van der Waals surface area contributed by atoms with Gasteiger partial charge in [-0.25, -0.2) is 4.39 Å². The van der Waals surface area contributed by atoms with Crippen LogP contribution >= 0.6 is 22.6 Å². The van der Waals surface area contributed by atoms with Gasteiger partial charge in [0, 0.05) is 16.3 Å². The van der Waals surface area contributed by atoms with Gasteiger partial charge < -0.3 is 14.6 Å². The zero-order valence-corrected chi connectivity index (χ0v) is 19.5. The highest BCUT2D eigenvalue weighted by Crippen LogP contribution is 2.50. The zero-order chi connectivity index (χ0) is 20.7. The monoisotopic (exact) mass is 510 g/mol. The highest BCUT2D eigenvalue weighted by Gasteiger charge is 2.55. The molecule has 2 aliphatic rings. The van der Waals surface area contributed by atoms with Crippen LogP contribution in [0.2, 0.25) is 0 Å². The lowest BCUT2D eigenvalue weighted by Gasteiger charge is -2.25. The number of methoxy groups -OCH3 is 1. The van der Waals surface area contributed by atoms with Crippen molar-refractivity contribution in [2.75, 3.05) is 7.11 Å². The van der Waals surface area contributed by atoms with Crippen molar-refractivity contribution in [2.45, 2.75) is 93.6 Å². The number of carbonyl (C=O) groups excluding carboxylic acids is 1. The molecular weight excluding hydrogens is 474 g/mol. The van der Waals surface area contributed by atoms with Gasteiger partial charge in [0.15, 0.2) is 0 Å². The third-order valence-corrected chi connectivity index (χ3v) is 7.58. The quantitative estimate of drug-likeness (QED) is 0.140. The van der Waals surface area contributed by atoms with Crippen molar-refractivity contribution < 1.29 is 23.8 Å². The first kappa shape index (κ1) is 24.1. The molecule has 1 saturated heterocycles. The first-order valence-electron chi connectivity index (χ1n) is 10.8. The molecule has 0 aromatic carbocycles. The Hall–Kier alpha value is -0.210. The number of esters is 1. The van der Waals surface area contributed by atoms with E-state index in [1.807, 2.05) is 12.2 Å². The maximum absolute atomic E-state index is 15.3. The minimum Gasteiger partial charge on any atom is -0.469 e. The van der Waals surface area contributed by atoms with E-state index >= 15 is 4.39 Å². The van der Waals surface area contributed by atoms with E-state index in [0.717, 1.165) is 38.5 Å². The largest absolute Gasteiger partial charge is 0.469 e. The number of alkyl halides is 2. The minimum absolute atomic E-state index is 0.0419. The van der Waals surface area contributed by atoms with Gasteiger partial charge in [0.05, 0.1) is 19.3 Å². The molecule has 1 saturated carbocycles. The number of aliphatic hydroxyl groups excluding tert-OH is 1. The molecule has 8 atom stereocenters. The van der Waals surface area contributed by atoms with E-state index in [4.69, 9.17) is 4.74 Å². The lowest BCUT2D eigenvalue weighted by atomic mass is 9.85. The first-order valence-corrected chi connectivity index (χ1v) is 12.0. The van der Waals surface area contributed by atoms with Gasteiger partial charge in [0.25, 0.3) is 0 Å². The number of halogens is 2. The van der Waals surface area contributed by atoms with Crippen LogP contribution in [0.1, 0.15) is 65.2 Å². The number of fused-ring (bicyclic) bond motifs is 1. The van der Waals surface area contributed by atoms with Crippen LogP contribution < -0.4 is 0 Å². The number of ether oxygens (including phenoxy) is 2. The number of unbranched alkanes of at least 4 members (excludes halogenated alkanes) is 2. The van der Waals surface area contributed by atoms with Crippen molar-refractivity contribution in [1.82, 2.24) is 0 Å². The van der Waals surface area contributed by atoms with Gasteiger partial charge in [-0.2, -0.15) is 0 Å². The van der Waals surface area contributed by atoms with Crippen molar-refractivity contribution in [1.29, 1.82) is 0 Å². The van der Waals surface area contributed by atoms with Crippen LogP contribution in [-0.4, -0.2) is 46.6 Å². The van der Waals surface area contributed by atoms with E-state index in [9.17, 15) is 9.90 Å². The molecule has 0 bridgehead atoms. The van der Waals surface area contributed by atoms with E-state index in [-0.39, 0.29) is 27.8 Å². The van der Waals surface area contributed by atoms with Crippen LogP contribution in [0, 0.1) is 17.8 Å². The number of carbonyl (C=O) groups is 1. The summed E-state index contributed by atoms with van der Waals surface area (Å²) in [5.41, 5.74) is 0. The van der Waals surface area contributed by atoms with Gasteiger partial charge in [-0.15, -0.1) is 0 Å². The van der Waals surface area contributed by atoms with Crippen molar-refractivity contribution in [3.05, 3.63) is 12.2 Å². The molecule has 0 spiro atoms. The second-order valence-corrected chi connectivity index (χ2v) is 9.98. The highest BCUT2D eigenvalue weighted by atomic mass is 127. The SMILES string of the molecule is CCCCC[C@H](O)/C=C/[C@@H]1[C@H]2C(F)[C@H](C(I)CCCC(=O)OC)O[C@@H]2C[C@H]1C. The average Bonchev–Trinajstić information content (AvgIpc) is 3.15. The second-order valence-electron chi connectivity index (χ2n) is 8.38. The Morgan fingerprint density at radius 2 is 2.11 bits per heavy atom. The Morgan fingerprint density at radius 1 is 1.36 bits per heavy atom. The molecule has 1 aliphatic heterocycles. The lowest BCUT2D eigenvalue weighted by molar-refractivity contribution is -0.140. The maximum Gasteiger partial charge on any atom is 0.305 e. The minimum atomic E-state index is -0.998. The van der Waals surface area contributed by atoms with Crippen LogP contribution in [0.5, 0.6) is 0 Å². The Kier molecular flexibility index (Phi) is 10.2. The molecule has 2 unspecified atom stereocenters. The van der Waals surface area contributed by atoms with E-state index < -0.39 is 18.4 Å². The summed E-state index contributed by atoms with van der Waals surface area (Å²) < 4.78 is 26.2. The van der Waals surface area contributed by atoms with Crippen molar-refractivity contribution in [2.24, 2.45) is 17.8 Å². The number of allylic oxidation sites excluding steroid dienone is 1. The molecule has 2 fully saturated rings. The third-order valence-electron chi connectivity index (χ3n) is 6.25. The molecule has 1 N–H and O–H groups in total. The Bertz CT molecular complexity index is 515. The standard InChI is InChI=1S/C22H36FIO4/c1-4-5-6-8-15(25)11-12-16-14(2)13-18-20(16)21(23)22(28-18)17(24)9-7-10-19(26)27-3/h11-12,14-18,20-22,25H,4-10,13H2,1-3H3/b12-11+/t14-,15+,16+,17?,18-,20-,21?,22+/m1/s1. The van der Waals surface area contributed by atoms with Gasteiger partial charge in [-0.1, -0.05) is 67.9 Å². The van der Waals surface area contributed by atoms with E-state index in [0.29, 0.717) is 18.8 Å². The van der Waals surface area contributed by atoms with E-state index in [1.165, 1.54) is 7.11 Å². The molecule has 0 amide bonds. The van der Waals surface area contributed by atoms with Gasteiger partial charge in [0.2, 0.25) is 0 Å². The Labute approximate surface area is 182 Å². The number of hydrogen-bond donors (Lipinski definition) is 1. The summed E-state index contributed by atoms with van der Waals surface area (Å²) in [7, 11) is 1.39. The van der Waals surface area contributed by atoms with Gasteiger partial charge >= 0.3 is 5.97 Å². The fourth-order valence-corrected chi connectivity index (χ4v) is 5.64. The molecule has 0 aromatic heterocycles. The van der Waals surface area contributed by atoms with Crippen molar-refractivity contribution in [3.8, 4) is 0 Å². The third kappa shape index (κ3) is 6.39. The summed E-state index contributed by atoms with van der Waals surface area (Å²) in [6.07, 6.45) is 8.75. The molecule has 0 radical (unpaired) electrons. The fraction of sp³-hybridized carbons (Fsp3) is 0.864. The average molecular weight is 510 g/mol. The first-order chi connectivity index (χ1) is 13.4. The highest BCUT2D eigenvalue weighted by molar-refractivity contribution is 14.1. The van der Waals surface area contributed by atoms with Crippen LogP contribution in [0.25, 0.3) is 0 Å². The Balaban J connectivity index is 1.89. The van der Waals surface area contributed by atoms with Gasteiger partial charge in [0.1, 0.15) is 12.3 Å². The van der Waals surface area contributed by atoms with Gasteiger partial charge in [-0.3, -0.25) is 4.79 Å². The Morgan fingerprint density at radius 3 is 2.79 bits per heavy atom. The molecule has 2 rings (SSSR count). The smallest absolute Gasteiger partial charge is 0.305 e. The van der Waals surface area contributed by atoms with Crippen LogP contribution in [0.15, 0.2) is 12.2 Å². The molecular formula is C22H36FIO4. The second kappa shape index (κ2) is 11.8. The maximum atomic E-state index is 15.3. The topological polar surface area (TPSA) is 55.8 Å². The fourth-order valence-electron chi connectivity index (χ4n) is 4.63. The molecule has 162 valence electrons. The molecule has 1 aliphatic carbocycles. The van der Waals surface area contributed by atoms with Crippen LogP contribution in [0.3, 0.4) is 0 Å². The van der Waals surface area contributed by atoms with Crippen molar-refractivity contribution >= 4 is 28.6 Å². The zero-order valence-electron chi connectivity index (χ0n) is 17.4. The predicted molar refractivity (Wildman–Crippen MR) is 117 cm³/mol. The normalized spacial score (nSPS) is 34.5. The predicted octanol–water partition coefficient (Wildman–Crippen LogP) is 5.01. The molecule has 0 aromatic rings. The molecule has 6 heteroatoms. The number of aliphatic hydroxyl groups is 1. The van der Waals surface area contributed by atoms with Crippen LogP contribution in [-0.2, 0) is 14.3 Å². The lowest BCUT2D eigenvalue weighted by Crippen LogP contribution is -2.33. The summed E-state index contributed by atoms with van der Waals surface area (Å²) in [6, 6.07) is 0. The summed E-state index contributed by atoms with van der Waals surface area (Å²) in [5.74, 6) is 0.128. The summed E-state index contributed by atoms with van der Waals surface area (Å²) in [6.45, 7) is 4.30.